The SMILES string of the molecule is CC1(F)CC(CC(=O)N2CCOc3cc(Nc4n[nH]c5cccnc45)ccc32)C1. The number of carbonyl (C=O) groups excluding carboxylic acids is 1. The second-order valence-corrected chi connectivity index (χ2v) is 8.06. The minimum atomic E-state index is -1.11. The number of hydrogen-bond donors (Lipinski definition) is 2. The first kappa shape index (κ1) is 17.9. The van der Waals surface area contributed by atoms with Crippen molar-refractivity contribution in [2.24, 2.45) is 5.92 Å². The van der Waals surface area contributed by atoms with E-state index in [0.717, 1.165) is 22.4 Å². The molecular weight excluding hydrogens is 373 g/mol. The number of rotatable bonds is 4. The van der Waals surface area contributed by atoms with Crippen molar-refractivity contribution in [1.29, 1.82) is 0 Å². The quantitative estimate of drug-likeness (QED) is 0.699. The zero-order valence-corrected chi connectivity index (χ0v) is 16.1. The van der Waals surface area contributed by atoms with E-state index >= 15 is 0 Å². The lowest BCUT2D eigenvalue weighted by Gasteiger charge is -2.39. The molecule has 0 bridgehead atoms. The number of aromatic nitrogens is 3. The summed E-state index contributed by atoms with van der Waals surface area (Å²) in [6, 6.07) is 9.38. The Hall–Kier alpha value is -3.16. The molecular formula is C21H22FN5O2. The van der Waals surface area contributed by atoms with Gasteiger partial charge in [-0.05, 0) is 49.9 Å². The summed E-state index contributed by atoms with van der Waals surface area (Å²) in [5.41, 5.74) is 2.03. The van der Waals surface area contributed by atoms with Crippen LogP contribution in [0.15, 0.2) is 36.5 Å². The molecule has 2 aliphatic rings. The highest BCUT2D eigenvalue weighted by Crippen LogP contribution is 2.43. The molecule has 0 radical (unpaired) electrons. The Bertz CT molecular complexity index is 1070. The molecule has 3 aromatic rings. The highest BCUT2D eigenvalue weighted by Gasteiger charge is 2.42. The van der Waals surface area contributed by atoms with Crippen molar-refractivity contribution >= 4 is 34.1 Å². The number of aromatic amines is 1. The van der Waals surface area contributed by atoms with Gasteiger partial charge in [-0.25, -0.2) is 4.39 Å². The van der Waals surface area contributed by atoms with Gasteiger partial charge in [0.1, 0.15) is 23.5 Å². The maximum Gasteiger partial charge on any atom is 0.227 e. The van der Waals surface area contributed by atoms with E-state index in [1.165, 1.54) is 0 Å². The summed E-state index contributed by atoms with van der Waals surface area (Å²) in [5.74, 6) is 1.43. The van der Waals surface area contributed by atoms with Gasteiger partial charge in [-0.2, -0.15) is 5.10 Å². The number of ether oxygens (including phenoxy) is 1. The van der Waals surface area contributed by atoms with Crippen molar-refractivity contribution in [3.63, 3.8) is 0 Å². The summed E-state index contributed by atoms with van der Waals surface area (Å²) in [4.78, 5) is 18.9. The molecule has 29 heavy (non-hydrogen) atoms. The summed E-state index contributed by atoms with van der Waals surface area (Å²) in [6.45, 7) is 2.54. The van der Waals surface area contributed by atoms with Crippen molar-refractivity contribution in [2.75, 3.05) is 23.4 Å². The van der Waals surface area contributed by atoms with Crippen LogP contribution in [-0.4, -0.2) is 39.9 Å². The third-order valence-corrected chi connectivity index (χ3v) is 5.60. The van der Waals surface area contributed by atoms with E-state index < -0.39 is 5.67 Å². The van der Waals surface area contributed by atoms with Gasteiger partial charge in [0.15, 0.2) is 5.82 Å². The number of carbonyl (C=O) groups is 1. The van der Waals surface area contributed by atoms with Crippen molar-refractivity contribution in [2.45, 2.75) is 31.9 Å². The number of H-pyrrole nitrogens is 1. The van der Waals surface area contributed by atoms with Crippen LogP contribution in [-0.2, 0) is 4.79 Å². The van der Waals surface area contributed by atoms with Crippen LogP contribution in [0.1, 0.15) is 26.2 Å². The molecule has 1 fully saturated rings. The number of amides is 1. The molecule has 3 heterocycles. The summed E-state index contributed by atoms with van der Waals surface area (Å²) >= 11 is 0. The Labute approximate surface area is 167 Å². The zero-order valence-electron chi connectivity index (χ0n) is 16.1. The Morgan fingerprint density at radius 1 is 1.41 bits per heavy atom. The molecule has 7 nitrogen and oxygen atoms in total. The average molecular weight is 395 g/mol. The number of pyridine rings is 1. The van der Waals surface area contributed by atoms with E-state index in [4.69, 9.17) is 4.74 Å². The summed E-state index contributed by atoms with van der Waals surface area (Å²) in [7, 11) is 0. The minimum Gasteiger partial charge on any atom is -0.489 e. The smallest absolute Gasteiger partial charge is 0.227 e. The van der Waals surface area contributed by atoms with Crippen LogP contribution < -0.4 is 15.0 Å². The fourth-order valence-corrected chi connectivity index (χ4v) is 4.28. The number of benzene rings is 1. The van der Waals surface area contributed by atoms with E-state index in [9.17, 15) is 9.18 Å². The van der Waals surface area contributed by atoms with Gasteiger partial charge in [0, 0.05) is 24.4 Å². The van der Waals surface area contributed by atoms with Gasteiger partial charge in [0.05, 0.1) is 17.7 Å². The van der Waals surface area contributed by atoms with Gasteiger partial charge >= 0.3 is 0 Å². The molecule has 1 saturated carbocycles. The van der Waals surface area contributed by atoms with Crippen molar-refractivity contribution < 1.29 is 13.9 Å². The minimum absolute atomic E-state index is 0.0262. The lowest BCUT2D eigenvalue weighted by molar-refractivity contribution is -0.121. The molecule has 0 atom stereocenters. The monoisotopic (exact) mass is 395 g/mol. The highest BCUT2D eigenvalue weighted by molar-refractivity contribution is 5.96. The lowest BCUT2D eigenvalue weighted by Crippen LogP contribution is -2.43. The van der Waals surface area contributed by atoms with Gasteiger partial charge in [0.25, 0.3) is 0 Å². The molecule has 2 N–H and O–H groups in total. The third kappa shape index (κ3) is 3.39. The number of hydrogen-bond acceptors (Lipinski definition) is 5. The van der Waals surface area contributed by atoms with E-state index in [1.807, 2.05) is 30.3 Å². The molecule has 0 spiro atoms. The maximum absolute atomic E-state index is 13.7. The molecule has 2 aromatic heterocycles. The van der Waals surface area contributed by atoms with Crippen molar-refractivity contribution in [3.8, 4) is 5.75 Å². The number of nitrogens with one attached hydrogen (secondary N) is 2. The van der Waals surface area contributed by atoms with Crippen LogP contribution >= 0.6 is 0 Å². The molecule has 1 aliphatic carbocycles. The predicted molar refractivity (Wildman–Crippen MR) is 108 cm³/mol. The maximum atomic E-state index is 13.7. The van der Waals surface area contributed by atoms with Gasteiger partial charge in [0.2, 0.25) is 5.91 Å². The van der Waals surface area contributed by atoms with Crippen LogP contribution in [0, 0.1) is 5.92 Å². The number of nitrogens with zero attached hydrogens (tertiary/aromatic N) is 3. The predicted octanol–water partition coefficient (Wildman–Crippen LogP) is 3.96. The summed E-state index contributed by atoms with van der Waals surface area (Å²) < 4.78 is 19.5. The van der Waals surface area contributed by atoms with Crippen molar-refractivity contribution in [1.82, 2.24) is 15.2 Å². The van der Waals surface area contributed by atoms with Gasteiger partial charge in [-0.3, -0.25) is 14.9 Å². The molecule has 1 amide bonds. The fourth-order valence-electron chi connectivity index (χ4n) is 4.28. The Balaban J connectivity index is 1.33. The average Bonchev–Trinajstić information content (AvgIpc) is 3.09. The molecule has 1 aromatic carbocycles. The first-order valence-corrected chi connectivity index (χ1v) is 9.81. The normalized spacial score (nSPS) is 23.2. The van der Waals surface area contributed by atoms with Gasteiger partial charge < -0.3 is 15.0 Å². The molecule has 8 heteroatoms. The van der Waals surface area contributed by atoms with E-state index in [1.54, 1.807) is 18.0 Å². The Morgan fingerprint density at radius 2 is 2.28 bits per heavy atom. The van der Waals surface area contributed by atoms with Crippen LogP contribution in [0.3, 0.4) is 0 Å². The van der Waals surface area contributed by atoms with Crippen molar-refractivity contribution in [3.05, 3.63) is 36.5 Å². The lowest BCUT2D eigenvalue weighted by atomic mass is 9.72. The molecule has 0 unspecified atom stereocenters. The molecule has 0 saturated heterocycles. The van der Waals surface area contributed by atoms with E-state index in [0.29, 0.717) is 44.0 Å². The van der Waals surface area contributed by atoms with Crippen LogP contribution in [0.5, 0.6) is 5.75 Å². The van der Waals surface area contributed by atoms with Gasteiger partial charge in [-0.1, -0.05) is 0 Å². The van der Waals surface area contributed by atoms with Gasteiger partial charge in [-0.15, -0.1) is 0 Å². The fraction of sp³-hybridized carbons (Fsp3) is 0.381. The largest absolute Gasteiger partial charge is 0.489 e. The number of fused-ring (bicyclic) bond motifs is 2. The Morgan fingerprint density at radius 3 is 3.10 bits per heavy atom. The van der Waals surface area contributed by atoms with E-state index in [2.05, 4.69) is 20.5 Å². The van der Waals surface area contributed by atoms with E-state index in [-0.39, 0.29) is 11.8 Å². The summed E-state index contributed by atoms with van der Waals surface area (Å²) in [6.07, 6.45) is 3.02. The first-order chi connectivity index (χ1) is 14.0. The molecule has 5 rings (SSSR count). The highest BCUT2D eigenvalue weighted by atomic mass is 19.1. The zero-order chi connectivity index (χ0) is 20.0. The number of halogens is 1. The topological polar surface area (TPSA) is 83.1 Å². The van der Waals surface area contributed by atoms with Crippen LogP contribution in [0.2, 0.25) is 0 Å². The first-order valence-electron chi connectivity index (χ1n) is 9.81. The number of anilines is 3. The standard InChI is InChI=1S/C21H22FN5O2/c1-21(22)11-13(12-21)9-18(28)27-7-8-29-17-10-14(4-5-16(17)27)24-20-19-15(25-26-20)3-2-6-23-19/h2-6,10,13H,7-9,11-12H2,1H3,(H2,24,25,26). The summed E-state index contributed by atoms with van der Waals surface area (Å²) in [5, 5.41) is 10.5. The second-order valence-electron chi connectivity index (χ2n) is 8.06. The Kier molecular flexibility index (Phi) is 4.15. The van der Waals surface area contributed by atoms with Crippen LogP contribution in [0.4, 0.5) is 21.6 Å². The van der Waals surface area contributed by atoms with Crippen LogP contribution in [0.25, 0.3) is 11.0 Å². The number of alkyl halides is 1. The molecule has 1 aliphatic heterocycles. The second kappa shape index (κ2) is 6.72. The third-order valence-electron chi connectivity index (χ3n) is 5.60. The molecule has 150 valence electrons.